The molecule has 1 amide bonds. The number of aliphatic hydroxyl groups is 9. The number of carboxylic acids is 3. The quantitative estimate of drug-likeness (QED) is 0.0740. The van der Waals surface area contributed by atoms with Gasteiger partial charge in [0, 0.05) is 39.0 Å². The lowest BCUT2D eigenvalue weighted by molar-refractivity contribution is -0.284. The number of nitrogens with one attached hydrogen (secondary N) is 1. The molecular formula is C29H47NO21. The summed E-state index contributed by atoms with van der Waals surface area (Å²) < 4.78 is 26.1. The van der Waals surface area contributed by atoms with Crippen molar-refractivity contribution in [3.8, 4) is 0 Å². The number of carbonyl (C=O) groups is 4. The van der Waals surface area contributed by atoms with Crippen molar-refractivity contribution in [2.24, 2.45) is 17.8 Å². The van der Waals surface area contributed by atoms with Crippen molar-refractivity contribution in [3.05, 3.63) is 0 Å². The summed E-state index contributed by atoms with van der Waals surface area (Å²) >= 11 is 0. The summed E-state index contributed by atoms with van der Waals surface area (Å²) in [6.45, 7) is 0. The van der Waals surface area contributed by atoms with Crippen molar-refractivity contribution in [2.45, 2.75) is 117 Å². The molecule has 0 aromatic rings. The maximum absolute atomic E-state index is 12.9. The lowest BCUT2D eigenvalue weighted by atomic mass is 9.76. The number of rotatable bonds is 15. The Morgan fingerprint density at radius 1 is 0.667 bits per heavy atom. The molecule has 19 unspecified atom stereocenters. The summed E-state index contributed by atoms with van der Waals surface area (Å²) in [6.07, 6.45) is -32.3. The van der Waals surface area contributed by atoms with Gasteiger partial charge in [0.05, 0.1) is 36.6 Å². The lowest BCUT2D eigenvalue weighted by Gasteiger charge is -2.46. The molecule has 294 valence electrons. The average molecular weight is 746 g/mol. The van der Waals surface area contributed by atoms with Gasteiger partial charge in [-0.25, -0.2) is 14.4 Å². The highest BCUT2D eigenvalue weighted by Crippen LogP contribution is 2.38. The van der Waals surface area contributed by atoms with E-state index in [-0.39, 0.29) is 0 Å². The number of ether oxygens (including phenoxy) is 5. The first-order valence-electron chi connectivity index (χ1n) is 15.9. The van der Waals surface area contributed by atoms with E-state index in [2.05, 4.69) is 5.32 Å². The van der Waals surface area contributed by atoms with E-state index in [9.17, 15) is 80.5 Å². The largest absolute Gasteiger partial charge is 0.479 e. The van der Waals surface area contributed by atoms with Crippen LogP contribution in [0, 0.1) is 17.8 Å². The van der Waals surface area contributed by atoms with Crippen LogP contribution in [0.1, 0.15) is 19.3 Å². The first-order chi connectivity index (χ1) is 23.8. The van der Waals surface area contributed by atoms with Crippen LogP contribution in [0.4, 0.5) is 0 Å². The molecular weight excluding hydrogens is 698 g/mol. The predicted molar refractivity (Wildman–Crippen MR) is 159 cm³/mol. The van der Waals surface area contributed by atoms with Crippen LogP contribution < -0.4 is 5.32 Å². The van der Waals surface area contributed by atoms with E-state index in [1.165, 1.54) is 7.05 Å². The monoisotopic (exact) mass is 745 g/mol. The van der Waals surface area contributed by atoms with Crippen molar-refractivity contribution in [1.82, 2.24) is 5.32 Å². The highest BCUT2D eigenvalue weighted by molar-refractivity contribution is 5.81. The number of aliphatic hydroxyl groups excluding tert-OH is 9. The molecule has 13 N–H and O–H groups in total. The van der Waals surface area contributed by atoms with E-state index in [0.717, 1.165) is 14.2 Å². The van der Waals surface area contributed by atoms with Crippen molar-refractivity contribution in [3.63, 3.8) is 0 Å². The van der Waals surface area contributed by atoms with Crippen LogP contribution in [-0.4, -0.2) is 204 Å². The predicted octanol–water partition coefficient (Wildman–Crippen LogP) is -6.83. The number of hydrogen-bond acceptors (Lipinski definition) is 18. The van der Waals surface area contributed by atoms with Crippen LogP contribution in [-0.2, 0) is 42.9 Å². The van der Waals surface area contributed by atoms with Gasteiger partial charge in [-0.15, -0.1) is 0 Å². The van der Waals surface area contributed by atoms with Crippen LogP contribution in [0.15, 0.2) is 0 Å². The van der Waals surface area contributed by atoms with Crippen molar-refractivity contribution < 1.29 is 104 Å². The average Bonchev–Trinajstić information content (AvgIpc) is 3.08. The number of carboxylic acid groups (broad SMARTS) is 3. The van der Waals surface area contributed by atoms with Gasteiger partial charge in [-0.3, -0.25) is 4.79 Å². The topological polar surface area (TPSA) is 369 Å². The van der Waals surface area contributed by atoms with Gasteiger partial charge in [0.1, 0.15) is 36.6 Å². The molecule has 3 heterocycles. The summed E-state index contributed by atoms with van der Waals surface area (Å²) in [5, 5.41) is 128. The van der Waals surface area contributed by atoms with E-state index in [4.69, 9.17) is 23.7 Å². The van der Waals surface area contributed by atoms with E-state index in [1.807, 2.05) is 0 Å². The number of aliphatic carboxylic acids is 3. The zero-order valence-corrected chi connectivity index (χ0v) is 27.6. The van der Waals surface area contributed by atoms with Gasteiger partial charge in [0.2, 0.25) is 5.91 Å². The van der Waals surface area contributed by atoms with Crippen molar-refractivity contribution >= 4 is 23.8 Å². The minimum Gasteiger partial charge on any atom is -0.479 e. The molecule has 3 rings (SSSR count). The fourth-order valence-electron chi connectivity index (χ4n) is 6.97. The first-order valence-corrected chi connectivity index (χ1v) is 15.9. The Morgan fingerprint density at radius 2 is 1.22 bits per heavy atom. The molecule has 0 aliphatic carbocycles. The zero-order chi connectivity index (χ0) is 38.6. The highest BCUT2D eigenvalue weighted by Gasteiger charge is 2.54. The molecule has 0 aromatic carbocycles. The molecule has 3 aliphatic rings. The Hall–Kier alpha value is -2.68. The summed E-state index contributed by atoms with van der Waals surface area (Å²) in [4.78, 5) is 48.4. The fraction of sp³-hybridized carbons (Fsp3) is 0.862. The summed E-state index contributed by atoms with van der Waals surface area (Å²) in [6, 6.07) is 0. The second kappa shape index (κ2) is 17.9. The third kappa shape index (κ3) is 9.10. The summed E-state index contributed by atoms with van der Waals surface area (Å²) in [5.41, 5.74) is 0. The molecule has 0 radical (unpaired) electrons. The molecule has 19 atom stereocenters. The number of amides is 1. The van der Waals surface area contributed by atoms with Gasteiger partial charge in [-0.2, -0.15) is 0 Å². The van der Waals surface area contributed by atoms with Crippen molar-refractivity contribution in [1.29, 1.82) is 0 Å². The smallest absolute Gasteiger partial charge is 0.335 e. The Balaban J connectivity index is 1.85. The van der Waals surface area contributed by atoms with E-state index in [1.54, 1.807) is 0 Å². The number of methoxy groups -OCH3 is 2. The van der Waals surface area contributed by atoms with E-state index < -0.39 is 159 Å². The Labute approximate surface area is 289 Å². The molecule has 0 spiro atoms. The van der Waals surface area contributed by atoms with Gasteiger partial charge in [0.25, 0.3) is 0 Å². The van der Waals surface area contributed by atoms with E-state index >= 15 is 0 Å². The SMILES string of the molecule is CNC(=O)C1OC(CC2C(C(=O)O)OC(OC)C(O)C2O)C(O)C(O)C1CC(O)C(O)C(CC1OC(C(=O)O)C(OC)C(O)C1O)C(O)C(=O)O. The Bertz CT molecular complexity index is 1210. The first kappa shape index (κ1) is 42.7. The molecule has 0 bridgehead atoms. The molecule has 51 heavy (non-hydrogen) atoms. The second-order valence-corrected chi connectivity index (χ2v) is 12.8. The van der Waals surface area contributed by atoms with Crippen LogP contribution in [0.2, 0.25) is 0 Å². The minimum atomic E-state index is -2.48. The molecule has 0 saturated carbocycles. The highest BCUT2D eigenvalue weighted by atomic mass is 16.7. The third-order valence-electron chi connectivity index (χ3n) is 9.81. The van der Waals surface area contributed by atoms with Gasteiger partial charge < -0.3 is 90.3 Å². The molecule has 22 heteroatoms. The minimum absolute atomic E-state index is 0.598. The van der Waals surface area contributed by atoms with Gasteiger partial charge in [0.15, 0.2) is 24.6 Å². The fourth-order valence-corrected chi connectivity index (χ4v) is 6.97. The van der Waals surface area contributed by atoms with Gasteiger partial charge >= 0.3 is 17.9 Å². The number of hydrogen-bond donors (Lipinski definition) is 13. The van der Waals surface area contributed by atoms with Gasteiger partial charge in [-0.05, 0) is 19.3 Å². The van der Waals surface area contributed by atoms with Crippen LogP contribution in [0.25, 0.3) is 0 Å². The standard InChI is InChI=1S/C29H47NO21/c1-30-25(40)21-8(14(33)17(36)12(49-21)6-9-15(34)20(39)29(48-3)51-22(9)27(43)44)4-10(31)13(32)7(16(35)26(41)42)5-11-18(37)19(38)23(47-2)24(50-11)28(45)46/h7-24,29,31-39H,4-6H2,1-3H3,(H,30,40)(H,41,42)(H,43,44)(H,45,46). The van der Waals surface area contributed by atoms with Crippen LogP contribution in [0.5, 0.6) is 0 Å². The maximum Gasteiger partial charge on any atom is 0.335 e. The van der Waals surface area contributed by atoms with Crippen molar-refractivity contribution in [2.75, 3.05) is 21.3 Å². The molecule has 3 saturated heterocycles. The molecule has 3 aliphatic heterocycles. The third-order valence-corrected chi connectivity index (χ3v) is 9.81. The Kier molecular flexibility index (Phi) is 15.0. The second-order valence-electron chi connectivity index (χ2n) is 12.8. The Morgan fingerprint density at radius 3 is 1.73 bits per heavy atom. The van der Waals surface area contributed by atoms with Crippen LogP contribution >= 0.6 is 0 Å². The van der Waals surface area contributed by atoms with Gasteiger partial charge in [-0.1, -0.05) is 0 Å². The van der Waals surface area contributed by atoms with Crippen LogP contribution in [0.3, 0.4) is 0 Å². The number of carbonyl (C=O) groups excluding carboxylic acids is 1. The molecule has 0 aromatic heterocycles. The molecule has 3 fully saturated rings. The maximum atomic E-state index is 12.9. The van der Waals surface area contributed by atoms with E-state index in [0.29, 0.717) is 0 Å². The lowest BCUT2D eigenvalue weighted by Crippen LogP contribution is -2.62. The number of likely N-dealkylation sites (N-methyl/N-ethyl adjacent to an activating group) is 1. The zero-order valence-electron chi connectivity index (χ0n) is 27.6. The normalized spacial score (nSPS) is 41.1. The molecule has 22 nitrogen and oxygen atoms in total. The summed E-state index contributed by atoms with van der Waals surface area (Å²) in [7, 11) is 3.30. The summed E-state index contributed by atoms with van der Waals surface area (Å²) in [5.74, 6) is -11.1.